The molecule has 2 amide bonds. The average molecular weight is 343 g/mol. The van der Waals surface area contributed by atoms with Gasteiger partial charge in [-0.25, -0.2) is 0 Å². The lowest BCUT2D eigenvalue weighted by atomic mass is 10.1. The second kappa shape index (κ2) is 8.42. The van der Waals surface area contributed by atoms with E-state index in [4.69, 9.17) is 5.73 Å². The van der Waals surface area contributed by atoms with Gasteiger partial charge < -0.3 is 16.0 Å². The maximum atomic E-state index is 12.0. The van der Waals surface area contributed by atoms with Crippen LogP contribution in [0.2, 0.25) is 0 Å². The molecule has 0 saturated carbocycles. The topological polar surface area (TPSA) is 75.4 Å². The second-order valence-electron chi connectivity index (χ2n) is 5.56. The lowest BCUT2D eigenvalue weighted by Crippen LogP contribution is -2.33. The molecule has 24 heavy (non-hydrogen) atoms. The minimum atomic E-state index is -0.466. The van der Waals surface area contributed by atoms with Gasteiger partial charge in [-0.15, -0.1) is 11.3 Å². The molecule has 1 aromatic carbocycles. The van der Waals surface area contributed by atoms with Crippen LogP contribution in [-0.4, -0.2) is 37.4 Å². The molecule has 1 heterocycles. The predicted octanol–water partition coefficient (Wildman–Crippen LogP) is 2.28. The van der Waals surface area contributed by atoms with E-state index in [0.717, 1.165) is 5.56 Å². The first-order valence-electron chi connectivity index (χ1n) is 7.53. The van der Waals surface area contributed by atoms with Gasteiger partial charge in [-0.1, -0.05) is 18.2 Å². The highest BCUT2D eigenvalue weighted by Gasteiger charge is 2.15. The molecule has 1 aromatic heterocycles. The fourth-order valence-electron chi connectivity index (χ4n) is 2.21. The van der Waals surface area contributed by atoms with E-state index in [9.17, 15) is 9.59 Å². The number of carbonyl (C=O) groups is 2. The predicted molar refractivity (Wildman–Crippen MR) is 97.8 cm³/mol. The number of nitrogens with one attached hydrogen (secondary N) is 1. The van der Waals surface area contributed by atoms with Crippen LogP contribution in [0.5, 0.6) is 0 Å². The molecule has 0 radical (unpaired) electrons. The monoisotopic (exact) mass is 343 g/mol. The fourth-order valence-corrected chi connectivity index (χ4v) is 3.13. The maximum Gasteiger partial charge on any atom is 0.248 e. The van der Waals surface area contributed by atoms with Crippen molar-refractivity contribution in [1.82, 2.24) is 10.2 Å². The summed E-state index contributed by atoms with van der Waals surface area (Å²) in [5, 5.41) is 4.95. The molecule has 0 aliphatic heterocycles. The Balaban J connectivity index is 1.91. The standard InChI is InChI=1S/C18H21N3O2S/c1-21(2)15(16-4-3-11-24-16)12-20-17(22)10-7-13-5-8-14(9-6-13)18(19)23/h3-11,15H,12H2,1-2H3,(H2,19,23)(H,20,22). The maximum absolute atomic E-state index is 12.0. The van der Waals surface area contributed by atoms with Crippen LogP contribution in [0.25, 0.3) is 6.08 Å². The average Bonchev–Trinajstić information content (AvgIpc) is 3.07. The number of hydrogen-bond acceptors (Lipinski definition) is 4. The van der Waals surface area contributed by atoms with E-state index in [1.807, 2.05) is 25.5 Å². The summed E-state index contributed by atoms with van der Waals surface area (Å²) < 4.78 is 0. The summed E-state index contributed by atoms with van der Waals surface area (Å²) in [7, 11) is 3.99. The first-order valence-corrected chi connectivity index (χ1v) is 8.41. The molecule has 6 heteroatoms. The van der Waals surface area contributed by atoms with E-state index in [2.05, 4.69) is 16.3 Å². The van der Waals surface area contributed by atoms with Crippen molar-refractivity contribution >= 4 is 29.2 Å². The molecule has 3 N–H and O–H groups in total. The Morgan fingerprint density at radius 3 is 2.50 bits per heavy atom. The number of nitrogens with zero attached hydrogens (tertiary/aromatic N) is 1. The highest BCUT2D eigenvalue weighted by Crippen LogP contribution is 2.22. The molecule has 2 rings (SSSR count). The number of likely N-dealkylation sites (N-methyl/N-ethyl adjacent to an activating group) is 1. The Morgan fingerprint density at radius 1 is 1.25 bits per heavy atom. The van der Waals surface area contributed by atoms with E-state index in [-0.39, 0.29) is 11.9 Å². The number of benzene rings is 1. The molecule has 2 aromatic rings. The Hall–Kier alpha value is -2.44. The van der Waals surface area contributed by atoms with Crippen LogP contribution in [0.4, 0.5) is 0 Å². The van der Waals surface area contributed by atoms with Crippen LogP contribution < -0.4 is 11.1 Å². The van der Waals surface area contributed by atoms with Crippen molar-refractivity contribution in [1.29, 1.82) is 0 Å². The lowest BCUT2D eigenvalue weighted by molar-refractivity contribution is -0.116. The Labute approximate surface area is 145 Å². The first kappa shape index (κ1) is 17.9. The van der Waals surface area contributed by atoms with Crippen molar-refractivity contribution < 1.29 is 9.59 Å². The highest BCUT2D eigenvalue weighted by molar-refractivity contribution is 7.10. The number of rotatable bonds is 7. The van der Waals surface area contributed by atoms with E-state index in [1.54, 1.807) is 41.7 Å². The van der Waals surface area contributed by atoms with Gasteiger partial charge in [-0.3, -0.25) is 9.59 Å². The van der Waals surface area contributed by atoms with Gasteiger partial charge in [0.1, 0.15) is 0 Å². The fraction of sp³-hybridized carbons (Fsp3) is 0.222. The molecule has 126 valence electrons. The smallest absolute Gasteiger partial charge is 0.248 e. The molecule has 5 nitrogen and oxygen atoms in total. The largest absolute Gasteiger partial charge is 0.366 e. The van der Waals surface area contributed by atoms with Crippen LogP contribution in [0, 0.1) is 0 Å². The van der Waals surface area contributed by atoms with Gasteiger partial charge in [0.15, 0.2) is 0 Å². The van der Waals surface area contributed by atoms with Gasteiger partial charge in [-0.05, 0) is 49.3 Å². The van der Waals surface area contributed by atoms with Crippen molar-refractivity contribution in [3.8, 4) is 0 Å². The first-order chi connectivity index (χ1) is 11.5. The molecule has 1 atom stereocenters. The third-order valence-electron chi connectivity index (χ3n) is 3.59. The van der Waals surface area contributed by atoms with Gasteiger partial charge in [-0.2, -0.15) is 0 Å². The van der Waals surface area contributed by atoms with Gasteiger partial charge in [0.05, 0.1) is 6.04 Å². The van der Waals surface area contributed by atoms with Crippen LogP contribution in [0.15, 0.2) is 47.9 Å². The number of thiophene rings is 1. The lowest BCUT2D eigenvalue weighted by Gasteiger charge is -2.23. The minimum absolute atomic E-state index is 0.150. The number of carbonyl (C=O) groups excluding carboxylic acids is 2. The third-order valence-corrected chi connectivity index (χ3v) is 4.56. The summed E-state index contributed by atoms with van der Waals surface area (Å²) in [6, 6.07) is 11.0. The zero-order valence-electron chi connectivity index (χ0n) is 13.7. The third kappa shape index (κ3) is 5.04. The van der Waals surface area contributed by atoms with Crippen LogP contribution in [0.1, 0.15) is 26.8 Å². The molecule has 0 fully saturated rings. The molecule has 0 spiro atoms. The molecule has 1 unspecified atom stereocenters. The molecular formula is C18H21N3O2S. The van der Waals surface area contributed by atoms with E-state index < -0.39 is 5.91 Å². The normalized spacial score (nSPS) is 12.5. The molecular weight excluding hydrogens is 322 g/mol. The summed E-state index contributed by atoms with van der Waals surface area (Å²) in [5.74, 6) is -0.621. The van der Waals surface area contributed by atoms with E-state index >= 15 is 0 Å². The summed E-state index contributed by atoms with van der Waals surface area (Å²) in [4.78, 5) is 26.3. The SMILES string of the molecule is CN(C)C(CNC(=O)C=Cc1ccc(C(N)=O)cc1)c1cccs1. The van der Waals surface area contributed by atoms with Crippen LogP contribution in [-0.2, 0) is 4.79 Å². The van der Waals surface area contributed by atoms with Gasteiger partial charge in [0.25, 0.3) is 0 Å². The number of hydrogen-bond donors (Lipinski definition) is 2. The molecule has 0 bridgehead atoms. The van der Waals surface area contributed by atoms with Crippen molar-refractivity contribution in [2.75, 3.05) is 20.6 Å². The van der Waals surface area contributed by atoms with Crippen molar-refractivity contribution in [2.45, 2.75) is 6.04 Å². The Kier molecular flexibility index (Phi) is 6.28. The second-order valence-corrected chi connectivity index (χ2v) is 6.54. The van der Waals surface area contributed by atoms with E-state index in [0.29, 0.717) is 12.1 Å². The highest BCUT2D eigenvalue weighted by atomic mass is 32.1. The summed E-state index contributed by atoms with van der Waals surface area (Å²) in [6.45, 7) is 0.539. The molecule has 0 aliphatic carbocycles. The van der Waals surface area contributed by atoms with Gasteiger partial charge >= 0.3 is 0 Å². The zero-order valence-corrected chi connectivity index (χ0v) is 14.5. The summed E-state index contributed by atoms with van der Waals surface area (Å²) in [5.41, 5.74) is 6.47. The summed E-state index contributed by atoms with van der Waals surface area (Å²) in [6.07, 6.45) is 3.19. The Bertz CT molecular complexity index is 706. The van der Waals surface area contributed by atoms with Gasteiger partial charge in [0, 0.05) is 23.1 Å². The van der Waals surface area contributed by atoms with Crippen molar-refractivity contribution in [3.63, 3.8) is 0 Å². The molecule has 0 aliphatic rings. The number of nitrogens with two attached hydrogens (primary N) is 1. The van der Waals surface area contributed by atoms with Crippen molar-refractivity contribution in [3.05, 3.63) is 63.9 Å². The van der Waals surface area contributed by atoms with Crippen molar-refractivity contribution in [2.24, 2.45) is 5.73 Å². The number of amides is 2. The Morgan fingerprint density at radius 2 is 1.96 bits per heavy atom. The molecule has 0 saturated heterocycles. The van der Waals surface area contributed by atoms with Crippen LogP contribution in [0.3, 0.4) is 0 Å². The summed E-state index contributed by atoms with van der Waals surface area (Å²) >= 11 is 1.68. The van der Waals surface area contributed by atoms with Crippen LogP contribution >= 0.6 is 11.3 Å². The number of primary amides is 1. The minimum Gasteiger partial charge on any atom is -0.366 e. The van der Waals surface area contributed by atoms with Gasteiger partial charge in [0.2, 0.25) is 11.8 Å². The quantitative estimate of drug-likeness (QED) is 0.757. The van der Waals surface area contributed by atoms with E-state index in [1.165, 1.54) is 11.0 Å². The zero-order chi connectivity index (χ0) is 17.5.